The first-order valence-electron chi connectivity index (χ1n) is 5.46. The summed E-state index contributed by atoms with van der Waals surface area (Å²) in [6, 6.07) is 5.27. The van der Waals surface area contributed by atoms with Crippen LogP contribution < -0.4 is 4.90 Å². The summed E-state index contributed by atoms with van der Waals surface area (Å²) in [5, 5.41) is 18.4. The van der Waals surface area contributed by atoms with Gasteiger partial charge in [-0.15, -0.1) is 11.8 Å². The van der Waals surface area contributed by atoms with Gasteiger partial charge in [-0.3, -0.25) is 14.5 Å². The Hall–Kier alpha value is -1.53. The Kier molecular flexibility index (Phi) is 3.58. The van der Waals surface area contributed by atoms with Crippen molar-refractivity contribution in [3.8, 4) is 0 Å². The number of benzene rings is 1. The third kappa shape index (κ3) is 2.49. The molecule has 6 heteroatoms. The van der Waals surface area contributed by atoms with E-state index in [4.69, 9.17) is 5.11 Å². The van der Waals surface area contributed by atoms with Gasteiger partial charge in [0.05, 0.1) is 17.5 Å². The zero-order valence-electron chi connectivity index (χ0n) is 9.79. The Morgan fingerprint density at radius 1 is 1.56 bits per heavy atom. The van der Waals surface area contributed by atoms with Crippen molar-refractivity contribution in [2.24, 2.45) is 0 Å². The molecule has 2 N–H and O–H groups in total. The first-order valence-corrected chi connectivity index (χ1v) is 6.44. The van der Waals surface area contributed by atoms with E-state index in [0.29, 0.717) is 11.3 Å². The van der Waals surface area contributed by atoms with Crippen LogP contribution in [0.5, 0.6) is 0 Å². The second kappa shape index (κ2) is 4.99. The van der Waals surface area contributed by atoms with E-state index in [0.717, 1.165) is 4.90 Å². The van der Waals surface area contributed by atoms with Crippen LogP contribution in [0.15, 0.2) is 23.1 Å². The van der Waals surface area contributed by atoms with Gasteiger partial charge in [0.2, 0.25) is 5.91 Å². The molecule has 1 heterocycles. The summed E-state index contributed by atoms with van der Waals surface area (Å²) in [6.45, 7) is 1.27. The molecule has 1 unspecified atom stereocenters. The second-order valence-electron chi connectivity index (χ2n) is 4.07. The number of carboxylic acids is 1. The van der Waals surface area contributed by atoms with Crippen molar-refractivity contribution in [3.05, 3.63) is 23.8 Å². The molecule has 0 saturated carbocycles. The summed E-state index contributed by atoms with van der Waals surface area (Å²) in [5.74, 6) is -1.03. The molecule has 0 aromatic heterocycles. The van der Waals surface area contributed by atoms with Crippen molar-refractivity contribution in [1.29, 1.82) is 0 Å². The SMILES string of the molecule is CC(O)c1ccc2c(c1)N(CC(=O)O)C(=O)CS2. The highest BCUT2D eigenvalue weighted by atomic mass is 32.2. The van der Waals surface area contributed by atoms with E-state index >= 15 is 0 Å². The maximum Gasteiger partial charge on any atom is 0.323 e. The predicted molar refractivity (Wildman–Crippen MR) is 67.8 cm³/mol. The molecular formula is C12H13NO4S. The second-order valence-corrected chi connectivity index (χ2v) is 5.08. The Morgan fingerprint density at radius 3 is 2.89 bits per heavy atom. The molecule has 0 spiro atoms. The molecule has 1 aliphatic heterocycles. The molecule has 0 radical (unpaired) electrons. The number of carbonyl (C=O) groups is 2. The summed E-state index contributed by atoms with van der Waals surface area (Å²) in [5.41, 5.74) is 1.23. The number of fused-ring (bicyclic) bond motifs is 1. The fraction of sp³-hybridized carbons (Fsp3) is 0.333. The lowest BCUT2D eigenvalue weighted by Gasteiger charge is -2.28. The number of carbonyl (C=O) groups excluding carboxylic acids is 1. The molecule has 96 valence electrons. The fourth-order valence-corrected chi connectivity index (χ4v) is 2.70. The third-order valence-corrected chi connectivity index (χ3v) is 3.75. The number of aliphatic hydroxyl groups excluding tert-OH is 1. The van der Waals surface area contributed by atoms with Crippen LogP contribution in [0.25, 0.3) is 0 Å². The number of hydrogen-bond acceptors (Lipinski definition) is 4. The molecule has 18 heavy (non-hydrogen) atoms. The molecule has 1 aliphatic rings. The maximum atomic E-state index is 11.8. The number of amides is 1. The summed E-state index contributed by atoms with van der Waals surface area (Å²) in [7, 11) is 0. The molecule has 5 nitrogen and oxygen atoms in total. The fourth-order valence-electron chi connectivity index (χ4n) is 1.79. The van der Waals surface area contributed by atoms with Gasteiger partial charge in [0.25, 0.3) is 0 Å². The molecular weight excluding hydrogens is 254 g/mol. The van der Waals surface area contributed by atoms with Gasteiger partial charge < -0.3 is 10.2 Å². The van der Waals surface area contributed by atoms with Crippen LogP contribution in [-0.4, -0.2) is 34.4 Å². The van der Waals surface area contributed by atoms with Crippen molar-refractivity contribution in [2.75, 3.05) is 17.2 Å². The summed E-state index contributed by atoms with van der Waals surface area (Å²) >= 11 is 1.38. The number of nitrogens with zero attached hydrogens (tertiary/aromatic N) is 1. The largest absolute Gasteiger partial charge is 0.480 e. The maximum absolute atomic E-state index is 11.8. The van der Waals surface area contributed by atoms with Crippen LogP contribution in [0.2, 0.25) is 0 Å². The standard InChI is InChI=1S/C12H13NO4S/c1-7(14)8-2-3-10-9(4-8)13(5-12(16)17)11(15)6-18-10/h2-4,7,14H,5-6H2,1H3,(H,16,17). The number of thioether (sulfide) groups is 1. The zero-order valence-corrected chi connectivity index (χ0v) is 10.6. The van der Waals surface area contributed by atoms with E-state index in [1.165, 1.54) is 16.7 Å². The minimum atomic E-state index is -1.05. The van der Waals surface area contributed by atoms with Gasteiger partial charge in [-0.25, -0.2) is 0 Å². The number of carboxylic acid groups (broad SMARTS) is 1. The number of rotatable bonds is 3. The van der Waals surface area contributed by atoms with Gasteiger partial charge in [0.15, 0.2) is 0 Å². The van der Waals surface area contributed by atoms with Crippen LogP contribution in [0.3, 0.4) is 0 Å². The van der Waals surface area contributed by atoms with Crippen molar-refractivity contribution in [2.45, 2.75) is 17.9 Å². The number of hydrogen-bond donors (Lipinski definition) is 2. The van der Waals surface area contributed by atoms with E-state index in [1.54, 1.807) is 19.1 Å². The Labute approximate surface area is 108 Å². The monoisotopic (exact) mass is 267 g/mol. The van der Waals surface area contributed by atoms with Gasteiger partial charge in [-0.2, -0.15) is 0 Å². The highest BCUT2D eigenvalue weighted by molar-refractivity contribution is 8.00. The highest BCUT2D eigenvalue weighted by Gasteiger charge is 2.26. The number of aliphatic hydroxyl groups is 1. The molecule has 0 fully saturated rings. The normalized spacial score (nSPS) is 16.3. The van der Waals surface area contributed by atoms with Crippen molar-refractivity contribution < 1.29 is 19.8 Å². The van der Waals surface area contributed by atoms with E-state index in [9.17, 15) is 14.7 Å². The zero-order chi connectivity index (χ0) is 13.3. The van der Waals surface area contributed by atoms with Crippen LogP contribution in [0.1, 0.15) is 18.6 Å². The van der Waals surface area contributed by atoms with Crippen molar-refractivity contribution in [3.63, 3.8) is 0 Å². The average Bonchev–Trinajstić information content (AvgIpc) is 2.31. The Bertz CT molecular complexity index is 501. The predicted octanol–water partition coefficient (Wildman–Crippen LogP) is 1.26. The smallest absolute Gasteiger partial charge is 0.323 e. The van der Waals surface area contributed by atoms with E-state index in [-0.39, 0.29) is 18.2 Å². The molecule has 0 bridgehead atoms. The highest BCUT2D eigenvalue weighted by Crippen LogP contribution is 2.36. The van der Waals surface area contributed by atoms with Gasteiger partial charge in [0, 0.05) is 4.90 Å². The number of aliphatic carboxylic acids is 1. The van der Waals surface area contributed by atoms with Gasteiger partial charge in [-0.05, 0) is 24.6 Å². The lowest BCUT2D eigenvalue weighted by Crippen LogP contribution is -2.39. The number of anilines is 1. The molecule has 1 aromatic carbocycles. The molecule has 0 saturated heterocycles. The topological polar surface area (TPSA) is 77.8 Å². The molecule has 1 atom stereocenters. The third-order valence-electron chi connectivity index (χ3n) is 2.70. The lowest BCUT2D eigenvalue weighted by molar-refractivity contribution is -0.136. The van der Waals surface area contributed by atoms with Crippen LogP contribution in [0.4, 0.5) is 5.69 Å². The quantitative estimate of drug-likeness (QED) is 0.862. The minimum Gasteiger partial charge on any atom is -0.480 e. The van der Waals surface area contributed by atoms with E-state index in [2.05, 4.69) is 0 Å². The lowest BCUT2D eigenvalue weighted by atomic mass is 10.1. The first-order chi connectivity index (χ1) is 8.49. The van der Waals surface area contributed by atoms with Crippen LogP contribution in [0, 0.1) is 0 Å². The van der Waals surface area contributed by atoms with E-state index < -0.39 is 12.1 Å². The average molecular weight is 267 g/mol. The Balaban J connectivity index is 2.43. The van der Waals surface area contributed by atoms with Gasteiger partial charge >= 0.3 is 5.97 Å². The minimum absolute atomic E-state index is 0.224. The first kappa shape index (κ1) is 12.9. The van der Waals surface area contributed by atoms with Gasteiger partial charge in [0.1, 0.15) is 6.54 Å². The summed E-state index contributed by atoms with van der Waals surface area (Å²) < 4.78 is 0. The molecule has 1 amide bonds. The molecule has 2 rings (SSSR count). The molecule has 0 aliphatic carbocycles. The van der Waals surface area contributed by atoms with Crippen molar-refractivity contribution in [1.82, 2.24) is 0 Å². The summed E-state index contributed by atoms with van der Waals surface area (Å²) in [6.07, 6.45) is -0.649. The van der Waals surface area contributed by atoms with Crippen molar-refractivity contribution >= 4 is 29.3 Å². The van der Waals surface area contributed by atoms with E-state index in [1.807, 2.05) is 6.07 Å². The van der Waals surface area contributed by atoms with Crippen LogP contribution >= 0.6 is 11.8 Å². The molecule has 1 aromatic rings. The summed E-state index contributed by atoms with van der Waals surface area (Å²) in [4.78, 5) is 24.7. The Morgan fingerprint density at radius 2 is 2.28 bits per heavy atom. The van der Waals surface area contributed by atoms with Gasteiger partial charge in [-0.1, -0.05) is 6.07 Å². The van der Waals surface area contributed by atoms with Crippen LogP contribution in [-0.2, 0) is 9.59 Å².